The SMILES string of the molecule is CCOC(=O)C(=O)Nc1c(C(=O)OCC)sc2nc(-c3ccc(Cl)cc3)cc(-c3ccc(Cl)cc3)c12. The predicted octanol–water partition coefficient (Wildman–Crippen LogP) is 6.62. The average Bonchev–Trinajstić information content (AvgIpc) is 3.23. The van der Waals surface area contributed by atoms with Crippen LogP contribution in [0.2, 0.25) is 10.0 Å². The second kappa shape index (κ2) is 11.1. The Morgan fingerprint density at radius 1 is 0.889 bits per heavy atom. The molecule has 0 bridgehead atoms. The Hall–Kier alpha value is -3.46. The Morgan fingerprint density at radius 3 is 2.06 bits per heavy atom. The highest BCUT2D eigenvalue weighted by atomic mass is 35.5. The third-order valence-electron chi connectivity index (χ3n) is 5.12. The maximum atomic E-state index is 12.9. The molecule has 0 aliphatic carbocycles. The molecule has 4 aromatic rings. The molecule has 0 aliphatic rings. The summed E-state index contributed by atoms with van der Waals surface area (Å²) in [7, 11) is 0. The van der Waals surface area contributed by atoms with Gasteiger partial charge in [-0.3, -0.25) is 4.79 Å². The van der Waals surface area contributed by atoms with Crippen molar-refractivity contribution in [2.45, 2.75) is 13.8 Å². The number of thiophene rings is 1. The van der Waals surface area contributed by atoms with Gasteiger partial charge in [-0.15, -0.1) is 11.3 Å². The molecule has 0 spiro atoms. The largest absolute Gasteiger partial charge is 0.462 e. The van der Waals surface area contributed by atoms with Crippen molar-refractivity contribution in [3.63, 3.8) is 0 Å². The first-order chi connectivity index (χ1) is 17.3. The summed E-state index contributed by atoms with van der Waals surface area (Å²) in [6.45, 7) is 3.43. The fourth-order valence-corrected chi connectivity index (χ4v) is 4.85. The summed E-state index contributed by atoms with van der Waals surface area (Å²) in [4.78, 5) is 42.9. The van der Waals surface area contributed by atoms with Gasteiger partial charge in [0.05, 0.1) is 24.6 Å². The fraction of sp³-hybridized carbons (Fsp3) is 0.154. The molecule has 2 aromatic carbocycles. The predicted molar refractivity (Wildman–Crippen MR) is 142 cm³/mol. The number of esters is 2. The number of benzene rings is 2. The van der Waals surface area contributed by atoms with Crippen LogP contribution in [0.3, 0.4) is 0 Å². The van der Waals surface area contributed by atoms with Crippen LogP contribution >= 0.6 is 34.5 Å². The van der Waals surface area contributed by atoms with Gasteiger partial charge in [0.2, 0.25) is 0 Å². The fourth-order valence-electron chi connectivity index (χ4n) is 3.54. The summed E-state index contributed by atoms with van der Waals surface area (Å²) in [6.07, 6.45) is 0. The second-order valence-electron chi connectivity index (χ2n) is 7.45. The van der Waals surface area contributed by atoms with Gasteiger partial charge in [-0.25, -0.2) is 14.6 Å². The van der Waals surface area contributed by atoms with Crippen molar-refractivity contribution in [3.8, 4) is 22.4 Å². The Balaban J connectivity index is 2.00. The number of pyridine rings is 1. The third-order valence-corrected chi connectivity index (χ3v) is 6.69. The molecule has 36 heavy (non-hydrogen) atoms. The van der Waals surface area contributed by atoms with E-state index in [1.54, 1.807) is 38.1 Å². The van der Waals surface area contributed by atoms with E-state index < -0.39 is 17.8 Å². The molecule has 0 radical (unpaired) electrons. The van der Waals surface area contributed by atoms with Crippen LogP contribution in [0.25, 0.3) is 32.6 Å². The van der Waals surface area contributed by atoms with E-state index in [-0.39, 0.29) is 23.8 Å². The van der Waals surface area contributed by atoms with E-state index in [0.717, 1.165) is 22.5 Å². The van der Waals surface area contributed by atoms with E-state index in [1.807, 2.05) is 30.3 Å². The van der Waals surface area contributed by atoms with Crippen LogP contribution in [-0.2, 0) is 19.1 Å². The minimum Gasteiger partial charge on any atom is -0.462 e. The van der Waals surface area contributed by atoms with Crippen molar-refractivity contribution >= 4 is 68.3 Å². The third kappa shape index (κ3) is 5.36. The Morgan fingerprint density at radius 2 is 1.47 bits per heavy atom. The molecule has 4 rings (SSSR count). The van der Waals surface area contributed by atoms with Gasteiger partial charge < -0.3 is 14.8 Å². The lowest BCUT2D eigenvalue weighted by Gasteiger charge is -2.11. The lowest BCUT2D eigenvalue weighted by atomic mass is 9.99. The molecule has 0 unspecified atom stereocenters. The number of aromatic nitrogens is 1. The van der Waals surface area contributed by atoms with Crippen molar-refractivity contribution in [1.29, 1.82) is 0 Å². The molecule has 1 N–H and O–H groups in total. The van der Waals surface area contributed by atoms with Crippen LogP contribution in [0.15, 0.2) is 54.6 Å². The van der Waals surface area contributed by atoms with Gasteiger partial charge in [-0.05, 0) is 55.3 Å². The molecule has 0 saturated carbocycles. The first-order valence-electron chi connectivity index (χ1n) is 11.0. The maximum absolute atomic E-state index is 12.9. The molecule has 7 nitrogen and oxygen atoms in total. The van der Waals surface area contributed by atoms with Crippen molar-refractivity contribution in [1.82, 2.24) is 4.98 Å². The lowest BCUT2D eigenvalue weighted by molar-refractivity contribution is -0.152. The number of hydrogen-bond acceptors (Lipinski definition) is 7. The van der Waals surface area contributed by atoms with E-state index in [9.17, 15) is 14.4 Å². The molecular weight excluding hydrogens is 523 g/mol. The molecule has 0 aliphatic heterocycles. The van der Waals surface area contributed by atoms with Crippen LogP contribution in [0.1, 0.15) is 23.5 Å². The zero-order valence-corrected chi connectivity index (χ0v) is 21.6. The number of carbonyl (C=O) groups is 3. The number of rotatable bonds is 6. The molecule has 2 heterocycles. The quantitative estimate of drug-likeness (QED) is 0.217. The minimum atomic E-state index is -1.06. The lowest BCUT2D eigenvalue weighted by Crippen LogP contribution is -2.25. The number of nitrogens with one attached hydrogen (secondary N) is 1. The van der Waals surface area contributed by atoms with Crippen LogP contribution < -0.4 is 5.32 Å². The van der Waals surface area contributed by atoms with Crippen molar-refractivity contribution < 1.29 is 23.9 Å². The van der Waals surface area contributed by atoms with Crippen LogP contribution in [0.4, 0.5) is 5.69 Å². The number of hydrogen-bond donors (Lipinski definition) is 1. The van der Waals surface area contributed by atoms with Crippen LogP contribution in [0.5, 0.6) is 0 Å². The summed E-state index contributed by atoms with van der Waals surface area (Å²) >= 11 is 13.2. The Kier molecular flexibility index (Phi) is 7.88. The number of amides is 1. The number of nitrogens with zero attached hydrogens (tertiary/aromatic N) is 1. The second-order valence-corrected chi connectivity index (χ2v) is 9.32. The van der Waals surface area contributed by atoms with Crippen LogP contribution in [-0.4, -0.2) is 36.0 Å². The number of carbonyl (C=O) groups excluding carboxylic acids is 3. The zero-order valence-electron chi connectivity index (χ0n) is 19.3. The van der Waals surface area contributed by atoms with Gasteiger partial charge in [0.15, 0.2) is 0 Å². The number of anilines is 1. The van der Waals surface area contributed by atoms with E-state index in [0.29, 0.717) is 31.5 Å². The summed E-state index contributed by atoms with van der Waals surface area (Å²) in [5.41, 5.74) is 3.00. The molecule has 2 aromatic heterocycles. The topological polar surface area (TPSA) is 94.6 Å². The normalized spacial score (nSPS) is 10.8. The first-order valence-corrected chi connectivity index (χ1v) is 12.5. The van der Waals surface area contributed by atoms with Gasteiger partial charge in [0, 0.05) is 21.0 Å². The highest BCUT2D eigenvalue weighted by Crippen LogP contribution is 2.43. The van der Waals surface area contributed by atoms with Gasteiger partial charge in [-0.1, -0.05) is 47.5 Å². The van der Waals surface area contributed by atoms with E-state index in [1.165, 1.54) is 0 Å². The highest BCUT2D eigenvalue weighted by molar-refractivity contribution is 7.21. The number of ether oxygens (including phenoxy) is 2. The summed E-state index contributed by atoms with van der Waals surface area (Å²) in [5.74, 6) is -2.72. The molecule has 0 fully saturated rings. The summed E-state index contributed by atoms with van der Waals surface area (Å²) in [5, 5.41) is 4.18. The standard InChI is InChI=1S/C26H20Cl2N2O5S/c1-3-34-25(32)22-21(30-23(31)26(33)35-4-2)20-18(14-5-9-16(27)10-6-14)13-19(29-24(20)36-22)15-7-11-17(28)12-8-15/h5-13H,3-4H2,1-2H3,(H,30,31). The molecular formula is C26H20Cl2N2O5S. The summed E-state index contributed by atoms with van der Waals surface area (Å²) < 4.78 is 10.0. The monoisotopic (exact) mass is 542 g/mol. The summed E-state index contributed by atoms with van der Waals surface area (Å²) in [6, 6.07) is 16.2. The Labute approximate surface area is 221 Å². The van der Waals surface area contributed by atoms with Crippen LogP contribution in [0, 0.1) is 0 Å². The van der Waals surface area contributed by atoms with Gasteiger partial charge in [0.25, 0.3) is 0 Å². The minimum absolute atomic E-state index is 0.0312. The van der Waals surface area contributed by atoms with Crippen molar-refractivity contribution in [3.05, 3.63) is 69.5 Å². The maximum Gasteiger partial charge on any atom is 0.397 e. The van der Waals surface area contributed by atoms with Gasteiger partial charge >= 0.3 is 17.8 Å². The van der Waals surface area contributed by atoms with E-state index >= 15 is 0 Å². The number of halogens is 2. The van der Waals surface area contributed by atoms with Gasteiger partial charge in [0.1, 0.15) is 9.71 Å². The molecule has 0 saturated heterocycles. The highest BCUT2D eigenvalue weighted by Gasteiger charge is 2.27. The molecule has 10 heteroatoms. The van der Waals surface area contributed by atoms with E-state index in [4.69, 9.17) is 37.7 Å². The van der Waals surface area contributed by atoms with Crippen molar-refractivity contribution in [2.75, 3.05) is 18.5 Å². The van der Waals surface area contributed by atoms with Gasteiger partial charge in [-0.2, -0.15) is 0 Å². The Bertz CT molecular complexity index is 1450. The van der Waals surface area contributed by atoms with E-state index in [2.05, 4.69) is 5.32 Å². The van der Waals surface area contributed by atoms with Crippen molar-refractivity contribution in [2.24, 2.45) is 0 Å². The zero-order chi connectivity index (χ0) is 25.8. The molecule has 0 atom stereocenters. The first kappa shape index (κ1) is 25.6. The average molecular weight is 543 g/mol. The molecule has 184 valence electrons. The smallest absolute Gasteiger partial charge is 0.397 e. The number of fused-ring (bicyclic) bond motifs is 1. The molecule has 1 amide bonds.